The number of carbonyl (C=O) groups excluding carboxylic acids is 1. The van der Waals surface area contributed by atoms with Gasteiger partial charge in [0, 0.05) is 17.8 Å². The van der Waals surface area contributed by atoms with Gasteiger partial charge in [0.15, 0.2) is 0 Å². The highest BCUT2D eigenvalue weighted by Crippen LogP contribution is 2.22. The zero-order valence-electron chi connectivity index (χ0n) is 11.1. The first-order valence-corrected chi connectivity index (χ1v) is 6.00. The van der Waals surface area contributed by atoms with Crippen molar-refractivity contribution in [2.45, 2.75) is 6.92 Å². The van der Waals surface area contributed by atoms with E-state index >= 15 is 0 Å². The van der Waals surface area contributed by atoms with E-state index in [2.05, 4.69) is 5.32 Å². The summed E-state index contributed by atoms with van der Waals surface area (Å²) in [6.07, 6.45) is 0. The molecule has 0 aliphatic heterocycles. The van der Waals surface area contributed by atoms with Crippen molar-refractivity contribution in [3.8, 4) is 0 Å². The van der Waals surface area contributed by atoms with Crippen molar-refractivity contribution in [1.29, 1.82) is 0 Å². The van der Waals surface area contributed by atoms with Gasteiger partial charge in [-0.1, -0.05) is 6.07 Å². The normalized spacial score (nSPS) is 10.2. The fraction of sp³-hybridized carbons (Fsp3) is 0.0714. The molecule has 0 spiro atoms. The average molecular weight is 289 g/mol. The molecule has 7 heteroatoms. The molecule has 0 fully saturated rings. The molecular formula is C14H12FN3O3. The number of nitrogen functional groups attached to an aromatic ring is 1. The molecule has 108 valence electrons. The Labute approximate surface area is 119 Å². The number of nitrogens with two attached hydrogens (primary N) is 1. The van der Waals surface area contributed by atoms with Crippen LogP contribution in [0.3, 0.4) is 0 Å². The summed E-state index contributed by atoms with van der Waals surface area (Å²) in [5.74, 6) is -1.30. The number of anilines is 2. The van der Waals surface area contributed by atoms with E-state index in [9.17, 15) is 19.3 Å². The second-order valence-electron chi connectivity index (χ2n) is 4.47. The Bertz CT molecular complexity index is 731. The number of halogens is 1. The van der Waals surface area contributed by atoms with Gasteiger partial charge >= 0.3 is 0 Å². The number of non-ortho nitro benzene ring substituents is 1. The largest absolute Gasteiger partial charge is 0.398 e. The number of aryl methyl sites for hydroxylation is 1. The number of benzene rings is 2. The third kappa shape index (κ3) is 3.14. The second kappa shape index (κ2) is 5.58. The molecule has 0 heterocycles. The average Bonchev–Trinajstić information content (AvgIpc) is 2.42. The van der Waals surface area contributed by atoms with Gasteiger partial charge in [0.2, 0.25) is 0 Å². The standard InChI is InChI=1S/C14H12FN3O3/c1-8-2-5-13(11(15)6-8)17-14(19)10-7-9(18(20)21)3-4-12(10)16/h2-7H,16H2,1H3,(H,17,19). The van der Waals surface area contributed by atoms with Crippen LogP contribution < -0.4 is 11.1 Å². The number of carbonyl (C=O) groups is 1. The maximum atomic E-state index is 13.7. The van der Waals surface area contributed by atoms with Crippen LogP contribution in [0.1, 0.15) is 15.9 Å². The molecule has 0 atom stereocenters. The van der Waals surface area contributed by atoms with E-state index in [1.165, 1.54) is 24.3 Å². The van der Waals surface area contributed by atoms with Crippen LogP contribution in [0.25, 0.3) is 0 Å². The topological polar surface area (TPSA) is 98.3 Å². The van der Waals surface area contributed by atoms with Gasteiger partial charge in [-0.25, -0.2) is 4.39 Å². The minimum atomic E-state index is -0.709. The van der Waals surface area contributed by atoms with Crippen molar-refractivity contribution in [2.24, 2.45) is 0 Å². The lowest BCUT2D eigenvalue weighted by atomic mass is 10.1. The number of nitro groups is 1. The highest BCUT2D eigenvalue weighted by Gasteiger charge is 2.16. The molecule has 0 unspecified atom stereocenters. The molecule has 2 aromatic carbocycles. The monoisotopic (exact) mass is 289 g/mol. The van der Waals surface area contributed by atoms with Crippen LogP contribution in [0.5, 0.6) is 0 Å². The Morgan fingerprint density at radius 3 is 2.62 bits per heavy atom. The molecule has 0 aliphatic carbocycles. The van der Waals surface area contributed by atoms with Crippen molar-refractivity contribution in [3.63, 3.8) is 0 Å². The number of amides is 1. The lowest BCUT2D eigenvalue weighted by Crippen LogP contribution is -2.15. The van der Waals surface area contributed by atoms with Gasteiger partial charge < -0.3 is 11.1 Å². The minimum absolute atomic E-state index is 0.0171. The predicted molar refractivity (Wildman–Crippen MR) is 76.6 cm³/mol. The first-order chi connectivity index (χ1) is 9.88. The van der Waals surface area contributed by atoms with Crippen molar-refractivity contribution in [1.82, 2.24) is 0 Å². The molecular weight excluding hydrogens is 277 g/mol. The molecule has 0 aliphatic rings. The predicted octanol–water partition coefficient (Wildman–Crippen LogP) is 2.88. The molecule has 1 amide bonds. The summed E-state index contributed by atoms with van der Waals surface area (Å²) in [6, 6.07) is 7.83. The smallest absolute Gasteiger partial charge is 0.270 e. The van der Waals surface area contributed by atoms with Crippen LogP contribution in [0, 0.1) is 22.9 Å². The summed E-state index contributed by atoms with van der Waals surface area (Å²) in [5, 5.41) is 13.1. The number of nitrogens with one attached hydrogen (secondary N) is 1. The van der Waals surface area contributed by atoms with E-state index in [4.69, 9.17) is 5.73 Å². The van der Waals surface area contributed by atoms with Crippen molar-refractivity contribution in [2.75, 3.05) is 11.1 Å². The van der Waals surface area contributed by atoms with E-state index < -0.39 is 16.6 Å². The molecule has 0 radical (unpaired) electrons. The zero-order chi connectivity index (χ0) is 15.6. The fourth-order valence-electron chi connectivity index (χ4n) is 1.77. The van der Waals surface area contributed by atoms with Gasteiger partial charge in [-0.15, -0.1) is 0 Å². The van der Waals surface area contributed by atoms with Crippen LogP contribution >= 0.6 is 0 Å². The third-order valence-corrected chi connectivity index (χ3v) is 2.87. The Morgan fingerprint density at radius 2 is 2.00 bits per heavy atom. The quantitative estimate of drug-likeness (QED) is 0.515. The van der Waals surface area contributed by atoms with Gasteiger partial charge in [-0.3, -0.25) is 14.9 Å². The fourth-order valence-corrected chi connectivity index (χ4v) is 1.77. The molecule has 2 rings (SSSR count). The van der Waals surface area contributed by atoms with Gasteiger partial charge in [0.1, 0.15) is 5.82 Å². The Morgan fingerprint density at radius 1 is 1.29 bits per heavy atom. The number of nitro benzene ring substituents is 1. The molecule has 0 saturated heterocycles. The van der Waals surface area contributed by atoms with Crippen molar-refractivity contribution >= 4 is 23.0 Å². The lowest BCUT2D eigenvalue weighted by Gasteiger charge is -2.08. The summed E-state index contributed by atoms with van der Waals surface area (Å²) in [4.78, 5) is 22.1. The number of hydrogen-bond donors (Lipinski definition) is 2. The second-order valence-corrected chi connectivity index (χ2v) is 4.47. The molecule has 0 bridgehead atoms. The van der Waals surface area contributed by atoms with E-state index in [1.807, 2.05) is 0 Å². The van der Waals surface area contributed by atoms with Gasteiger partial charge in [-0.05, 0) is 30.7 Å². The number of rotatable bonds is 3. The van der Waals surface area contributed by atoms with Crippen LogP contribution in [-0.4, -0.2) is 10.8 Å². The van der Waals surface area contributed by atoms with Crippen LogP contribution in [0.4, 0.5) is 21.5 Å². The molecule has 6 nitrogen and oxygen atoms in total. The first kappa shape index (κ1) is 14.4. The van der Waals surface area contributed by atoms with E-state index in [0.717, 1.165) is 6.07 Å². The molecule has 0 aromatic heterocycles. The summed E-state index contributed by atoms with van der Waals surface area (Å²) < 4.78 is 13.7. The van der Waals surface area contributed by atoms with Crippen LogP contribution in [0.15, 0.2) is 36.4 Å². The lowest BCUT2D eigenvalue weighted by molar-refractivity contribution is -0.384. The van der Waals surface area contributed by atoms with Gasteiger partial charge in [-0.2, -0.15) is 0 Å². The van der Waals surface area contributed by atoms with Crippen molar-refractivity contribution in [3.05, 3.63) is 63.5 Å². The number of hydrogen-bond acceptors (Lipinski definition) is 4. The maximum absolute atomic E-state index is 13.7. The Balaban J connectivity index is 2.32. The molecule has 21 heavy (non-hydrogen) atoms. The molecule has 2 aromatic rings. The maximum Gasteiger partial charge on any atom is 0.270 e. The summed E-state index contributed by atoms with van der Waals surface area (Å²) in [6.45, 7) is 1.72. The Kier molecular flexibility index (Phi) is 3.84. The van der Waals surface area contributed by atoms with Gasteiger partial charge in [0.05, 0.1) is 16.2 Å². The summed E-state index contributed by atoms with van der Waals surface area (Å²) in [7, 11) is 0. The minimum Gasteiger partial charge on any atom is -0.398 e. The van der Waals surface area contributed by atoms with Crippen LogP contribution in [0.2, 0.25) is 0 Å². The SMILES string of the molecule is Cc1ccc(NC(=O)c2cc([N+](=O)[O-])ccc2N)c(F)c1. The third-order valence-electron chi connectivity index (χ3n) is 2.87. The summed E-state index contributed by atoms with van der Waals surface area (Å²) >= 11 is 0. The van der Waals surface area contributed by atoms with E-state index in [1.54, 1.807) is 13.0 Å². The Hall–Kier alpha value is -2.96. The molecule has 0 saturated carbocycles. The van der Waals surface area contributed by atoms with Crippen LogP contribution in [-0.2, 0) is 0 Å². The van der Waals surface area contributed by atoms with Gasteiger partial charge in [0.25, 0.3) is 11.6 Å². The van der Waals surface area contributed by atoms with Crippen molar-refractivity contribution < 1.29 is 14.1 Å². The first-order valence-electron chi connectivity index (χ1n) is 6.00. The number of nitrogens with zero attached hydrogens (tertiary/aromatic N) is 1. The highest BCUT2D eigenvalue weighted by molar-refractivity contribution is 6.08. The van der Waals surface area contributed by atoms with E-state index in [0.29, 0.717) is 5.56 Å². The molecule has 3 N–H and O–H groups in total. The zero-order valence-corrected chi connectivity index (χ0v) is 11.1. The summed E-state index contributed by atoms with van der Waals surface area (Å²) in [5.41, 5.74) is 6.05. The highest BCUT2D eigenvalue weighted by atomic mass is 19.1. The van der Waals surface area contributed by atoms with E-state index in [-0.39, 0.29) is 22.6 Å².